The summed E-state index contributed by atoms with van der Waals surface area (Å²) >= 11 is 6.16. The zero-order chi connectivity index (χ0) is 28.1. The third-order valence-electron chi connectivity index (χ3n) is 7.36. The van der Waals surface area contributed by atoms with Crippen molar-refractivity contribution in [3.05, 3.63) is 28.8 Å². The Morgan fingerprint density at radius 1 is 1.15 bits per heavy atom. The molecule has 0 radical (unpaired) electrons. The van der Waals surface area contributed by atoms with Gasteiger partial charge in [0.2, 0.25) is 24.0 Å². The summed E-state index contributed by atoms with van der Waals surface area (Å²) in [5, 5.41) is 8.27. The van der Waals surface area contributed by atoms with Gasteiger partial charge in [-0.05, 0) is 56.7 Å². The molecule has 11 nitrogen and oxygen atoms in total. The summed E-state index contributed by atoms with van der Waals surface area (Å²) in [7, 11) is 0. The largest absolute Gasteiger partial charge is 0.433 e. The van der Waals surface area contributed by atoms with Gasteiger partial charge in [-0.1, -0.05) is 24.4 Å². The molecule has 4 atom stereocenters. The van der Waals surface area contributed by atoms with Gasteiger partial charge >= 0.3 is 5.97 Å². The monoisotopic (exact) mass is 562 g/mol. The number of esters is 1. The number of cyclic esters (lactones) is 1. The average molecular weight is 563 g/mol. The first-order valence-corrected chi connectivity index (χ1v) is 13.8. The van der Waals surface area contributed by atoms with Crippen molar-refractivity contribution in [2.45, 2.75) is 83.2 Å². The van der Waals surface area contributed by atoms with Gasteiger partial charge in [-0.2, -0.15) is 0 Å². The molecule has 3 fully saturated rings. The summed E-state index contributed by atoms with van der Waals surface area (Å²) in [6.07, 6.45) is 4.78. The molecule has 212 valence electrons. The van der Waals surface area contributed by atoms with E-state index in [0.717, 1.165) is 12.8 Å². The molecule has 1 aromatic carbocycles. The van der Waals surface area contributed by atoms with E-state index in [0.29, 0.717) is 37.6 Å². The summed E-state index contributed by atoms with van der Waals surface area (Å²) in [6.45, 7) is 3.75. The minimum Gasteiger partial charge on any atom is -0.433 e. The maximum Gasteiger partial charge on any atom is 0.310 e. The first-order valence-electron chi connectivity index (χ1n) is 13.4. The van der Waals surface area contributed by atoms with Crippen molar-refractivity contribution in [1.82, 2.24) is 15.5 Å². The summed E-state index contributed by atoms with van der Waals surface area (Å²) < 4.78 is 11.1. The standard InChI is InChI=1S/C27H35ClN4O7/c1-15(29-24(35)18-9-10-20(19(28)12-18)30-16(2)33)26(37)32-11-5-8-22(32)25(36)31-21-13-23(34)39-27(21)38-14-17-6-3-4-7-17/h9-10,12,15,17,21-22,27H,3-8,11,13-14H2,1-2H3,(H,29,35)(H,30,33)(H,31,36)/t15-,21?,22-,27?/m0/s1. The van der Waals surface area contributed by atoms with E-state index in [1.165, 1.54) is 42.9 Å². The van der Waals surface area contributed by atoms with Crippen LogP contribution in [0.2, 0.25) is 5.02 Å². The molecule has 0 aromatic heterocycles. The zero-order valence-electron chi connectivity index (χ0n) is 22.2. The fraction of sp³-hybridized carbons (Fsp3) is 0.593. The van der Waals surface area contributed by atoms with Crippen LogP contribution in [0.5, 0.6) is 0 Å². The van der Waals surface area contributed by atoms with E-state index in [9.17, 15) is 24.0 Å². The molecule has 1 aliphatic carbocycles. The molecule has 2 heterocycles. The molecule has 3 aliphatic rings. The lowest BCUT2D eigenvalue weighted by Crippen LogP contribution is -2.54. The highest BCUT2D eigenvalue weighted by Gasteiger charge is 2.41. The Hall–Kier alpha value is -3.18. The van der Waals surface area contributed by atoms with E-state index >= 15 is 0 Å². The van der Waals surface area contributed by atoms with Crippen LogP contribution in [0.15, 0.2) is 18.2 Å². The molecule has 4 rings (SSSR count). The van der Waals surface area contributed by atoms with Crippen molar-refractivity contribution in [2.75, 3.05) is 18.5 Å². The van der Waals surface area contributed by atoms with E-state index in [-0.39, 0.29) is 28.8 Å². The number of ether oxygens (including phenoxy) is 2. The number of hydrogen-bond donors (Lipinski definition) is 3. The molecule has 4 amide bonds. The molecule has 2 saturated heterocycles. The second kappa shape index (κ2) is 12.8. The van der Waals surface area contributed by atoms with Crippen LogP contribution in [-0.2, 0) is 28.7 Å². The van der Waals surface area contributed by atoms with E-state index in [1.807, 2.05) is 0 Å². The maximum absolute atomic E-state index is 13.2. The number of anilines is 1. The van der Waals surface area contributed by atoms with Gasteiger partial charge in [0.1, 0.15) is 18.1 Å². The van der Waals surface area contributed by atoms with Crippen LogP contribution < -0.4 is 16.0 Å². The fourth-order valence-corrected chi connectivity index (χ4v) is 5.56. The molecule has 39 heavy (non-hydrogen) atoms. The van der Waals surface area contributed by atoms with Gasteiger partial charge < -0.3 is 30.3 Å². The lowest BCUT2D eigenvalue weighted by atomic mass is 10.1. The SMILES string of the molecule is CC(=O)Nc1ccc(C(=O)N[C@@H](C)C(=O)N2CCC[C@H]2C(=O)NC2CC(=O)OC2OCC2CCCC2)cc1Cl. The highest BCUT2D eigenvalue weighted by Crippen LogP contribution is 2.27. The molecule has 0 bridgehead atoms. The Balaban J connectivity index is 1.32. The number of rotatable bonds is 9. The summed E-state index contributed by atoms with van der Waals surface area (Å²) in [5.74, 6) is -1.58. The molecule has 2 aliphatic heterocycles. The molecular weight excluding hydrogens is 528 g/mol. The van der Waals surface area contributed by atoms with Crippen LogP contribution >= 0.6 is 11.6 Å². The minimum atomic E-state index is -0.904. The number of hydrogen-bond acceptors (Lipinski definition) is 7. The van der Waals surface area contributed by atoms with Gasteiger partial charge in [-0.3, -0.25) is 24.0 Å². The van der Waals surface area contributed by atoms with Gasteiger partial charge in [0.05, 0.1) is 23.7 Å². The second-order valence-corrected chi connectivity index (χ2v) is 10.8. The number of carbonyl (C=O) groups excluding carboxylic acids is 5. The van der Waals surface area contributed by atoms with Gasteiger partial charge in [0.15, 0.2) is 0 Å². The van der Waals surface area contributed by atoms with E-state index in [2.05, 4.69) is 16.0 Å². The molecule has 2 unspecified atom stereocenters. The van der Waals surface area contributed by atoms with Crippen LogP contribution in [0.3, 0.4) is 0 Å². The molecular formula is C27H35ClN4O7. The number of likely N-dealkylation sites (tertiary alicyclic amines) is 1. The quantitative estimate of drug-likeness (QED) is 0.392. The molecule has 3 N–H and O–H groups in total. The average Bonchev–Trinajstić information content (AvgIpc) is 3.64. The molecule has 1 saturated carbocycles. The lowest BCUT2D eigenvalue weighted by Gasteiger charge is -2.28. The number of nitrogens with zero attached hydrogens (tertiary/aromatic N) is 1. The van der Waals surface area contributed by atoms with Crippen LogP contribution in [0, 0.1) is 5.92 Å². The highest BCUT2D eigenvalue weighted by atomic mass is 35.5. The Kier molecular flexibility index (Phi) is 9.45. The topological polar surface area (TPSA) is 143 Å². The molecule has 1 aromatic rings. The minimum absolute atomic E-state index is 0.0114. The lowest BCUT2D eigenvalue weighted by molar-refractivity contribution is -0.168. The molecule has 0 spiro atoms. The van der Waals surface area contributed by atoms with Gasteiger partial charge in [0, 0.05) is 19.0 Å². The maximum atomic E-state index is 13.2. The van der Waals surface area contributed by atoms with Crippen molar-refractivity contribution < 1.29 is 33.4 Å². The predicted octanol–water partition coefficient (Wildman–Crippen LogP) is 2.37. The van der Waals surface area contributed by atoms with Crippen LogP contribution in [0.4, 0.5) is 5.69 Å². The van der Waals surface area contributed by atoms with Crippen molar-refractivity contribution in [3.63, 3.8) is 0 Å². The first kappa shape index (κ1) is 28.8. The zero-order valence-corrected chi connectivity index (χ0v) is 22.9. The number of amides is 4. The third kappa shape index (κ3) is 7.27. The van der Waals surface area contributed by atoms with Crippen LogP contribution in [0.1, 0.15) is 69.2 Å². The normalized spacial score (nSPS) is 23.8. The Bertz CT molecular complexity index is 1120. The van der Waals surface area contributed by atoms with Gasteiger partial charge in [-0.25, -0.2) is 0 Å². The van der Waals surface area contributed by atoms with Gasteiger partial charge in [0.25, 0.3) is 5.91 Å². The summed E-state index contributed by atoms with van der Waals surface area (Å²) in [4.78, 5) is 63.8. The smallest absolute Gasteiger partial charge is 0.310 e. The Labute approximate surface area is 232 Å². The van der Waals surface area contributed by atoms with Crippen molar-refractivity contribution in [3.8, 4) is 0 Å². The van der Waals surface area contributed by atoms with Gasteiger partial charge in [-0.15, -0.1) is 0 Å². The highest BCUT2D eigenvalue weighted by molar-refractivity contribution is 6.34. The van der Waals surface area contributed by atoms with E-state index < -0.39 is 42.2 Å². The second-order valence-electron chi connectivity index (χ2n) is 10.4. The third-order valence-corrected chi connectivity index (χ3v) is 7.67. The van der Waals surface area contributed by atoms with E-state index in [1.54, 1.807) is 6.92 Å². The number of benzene rings is 1. The fourth-order valence-electron chi connectivity index (χ4n) is 5.33. The molecule has 12 heteroatoms. The summed E-state index contributed by atoms with van der Waals surface area (Å²) in [5.41, 5.74) is 0.593. The van der Waals surface area contributed by atoms with Crippen molar-refractivity contribution in [2.24, 2.45) is 5.92 Å². The number of halogens is 1. The van der Waals surface area contributed by atoms with Crippen LogP contribution in [0.25, 0.3) is 0 Å². The van der Waals surface area contributed by atoms with Crippen molar-refractivity contribution >= 4 is 46.9 Å². The number of nitrogens with one attached hydrogen (secondary N) is 3. The number of carbonyl (C=O) groups is 5. The predicted molar refractivity (Wildman–Crippen MR) is 142 cm³/mol. The summed E-state index contributed by atoms with van der Waals surface area (Å²) in [6, 6.07) is 2.15. The van der Waals surface area contributed by atoms with Crippen LogP contribution in [-0.4, -0.2) is 72.1 Å². The van der Waals surface area contributed by atoms with E-state index in [4.69, 9.17) is 21.1 Å². The first-order chi connectivity index (χ1) is 18.6. The van der Waals surface area contributed by atoms with Crippen molar-refractivity contribution in [1.29, 1.82) is 0 Å². The Morgan fingerprint density at radius 3 is 2.59 bits per heavy atom. The Morgan fingerprint density at radius 2 is 1.90 bits per heavy atom.